The molecule has 5 nitrogen and oxygen atoms in total. The maximum Gasteiger partial charge on any atom is 0.0951 e. The standard InChI is InChI=1S/C12H19N5/c1-9(2)17-8-13-5-11(17)6-14-12-7-16(4)15-10(12)3/h5,7-9,14H,6H2,1-4H3. The first kappa shape index (κ1) is 11.7. The summed E-state index contributed by atoms with van der Waals surface area (Å²) in [6, 6.07) is 0.435. The van der Waals surface area contributed by atoms with Crippen LogP contribution in [0.3, 0.4) is 0 Å². The zero-order valence-electron chi connectivity index (χ0n) is 10.8. The average Bonchev–Trinajstić information content (AvgIpc) is 2.82. The number of hydrogen-bond donors (Lipinski definition) is 1. The van der Waals surface area contributed by atoms with Crippen molar-refractivity contribution in [2.75, 3.05) is 5.32 Å². The molecule has 0 aliphatic rings. The van der Waals surface area contributed by atoms with Gasteiger partial charge in [0.1, 0.15) is 0 Å². The summed E-state index contributed by atoms with van der Waals surface area (Å²) in [5.41, 5.74) is 3.27. The summed E-state index contributed by atoms with van der Waals surface area (Å²) in [7, 11) is 1.93. The third-order valence-electron chi connectivity index (χ3n) is 2.78. The lowest BCUT2D eigenvalue weighted by molar-refractivity contribution is 0.577. The van der Waals surface area contributed by atoms with Gasteiger partial charge in [-0.15, -0.1) is 0 Å². The Bertz CT molecular complexity index is 495. The zero-order chi connectivity index (χ0) is 12.4. The van der Waals surface area contributed by atoms with Crippen molar-refractivity contribution >= 4 is 5.69 Å². The van der Waals surface area contributed by atoms with Crippen LogP contribution in [0.2, 0.25) is 0 Å². The molecule has 17 heavy (non-hydrogen) atoms. The van der Waals surface area contributed by atoms with Crippen LogP contribution >= 0.6 is 0 Å². The van der Waals surface area contributed by atoms with Crippen molar-refractivity contribution in [1.82, 2.24) is 19.3 Å². The molecule has 1 N–H and O–H groups in total. The van der Waals surface area contributed by atoms with E-state index >= 15 is 0 Å². The first-order chi connectivity index (χ1) is 8.08. The fraction of sp³-hybridized carbons (Fsp3) is 0.500. The highest BCUT2D eigenvalue weighted by Gasteiger charge is 2.07. The van der Waals surface area contributed by atoms with Crippen molar-refractivity contribution in [3.8, 4) is 0 Å². The van der Waals surface area contributed by atoms with Crippen molar-refractivity contribution in [2.45, 2.75) is 33.4 Å². The fourth-order valence-electron chi connectivity index (χ4n) is 1.89. The molecular weight excluding hydrogens is 214 g/mol. The Hall–Kier alpha value is -1.78. The second-order valence-corrected chi connectivity index (χ2v) is 4.54. The molecular formula is C12H19N5. The number of imidazole rings is 1. The number of hydrogen-bond acceptors (Lipinski definition) is 3. The van der Waals surface area contributed by atoms with E-state index in [1.54, 1.807) is 0 Å². The molecule has 5 heteroatoms. The van der Waals surface area contributed by atoms with Gasteiger partial charge in [-0.2, -0.15) is 5.10 Å². The lowest BCUT2D eigenvalue weighted by Gasteiger charge is -2.12. The second kappa shape index (κ2) is 4.61. The van der Waals surface area contributed by atoms with Gasteiger partial charge in [-0.05, 0) is 20.8 Å². The predicted octanol–water partition coefficient (Wildman–Crippen LogP) is 2.12. The van der Waals surface area contributed by atoms with Crippen molar-refractivity contribution in [2.24, 2.45) is 7.05 Å². The van der Waals surface area contributed by atoms with Gasteiger partial charge in [0.05, 0.1) is 29.9 Å². The molecule has 0 aliphatic carbocycles. The third kappa shape index (κ3) is 2.49. The molecule has 0 fully saturated rings. The van der Waals surface area contributed by atoms with E-state index in [0.29, 0.717) is 6.04 Å². The molecule has 0 saturated carbocycles. The SMILES string of the molecule is Cc1nn(C)cc1NCc1cncn1C(C)C. The van der Waals surface area contributed by atoms with Crippen LogP contribution in [0.4, 0.5) is 5.69 Å². The zero-order valence-corrected chi connectivity index (χ0v) is 10.8. The second-order valence-electron chi connectivity index (χ2n) is 4.54. The van der Waals surface area contributed by atoms with E-state index in [-0.39, 0.29) is 0 Å². The molecule has 0 bridgehead atoms. The molecule has 0 spiro atoms. The maximum atomic E-state index is 4.30. The fourth-order valence-corrected chi connectivity index (χ4v) is 1.89. The van der Waals surface area contributed by atoms with E-state index in [1.807, 2.05) is 37.4 Å². The van der Waals surface area contributed by atoms with Crippen LogP contribution in [-0.2, 0) is 13.6 Å². The molecule has 0 saturated heterocycles. The van der Waals surface area contributed by atoms with Gasteiger partial charge < -0.3 is 9.88 Å². The molecule has 0 amide bonds. The Morgan fingerprint density at radius 2 is 2.18 bits per heavy atom. The van der Waals surface area contributed by atoms with Crippen molar-refractivity contribution < 1.29 is 0 Å². The van der Waals surface area contributed by atoms with Crippen LogP contribution in [0, 0.1) is 6.92 Å². The summed E-state index contributed by atoms with van der Waals surface area (Å²) >= 11 is 0. The van der Waals surface area contributed by atoms with E-state index in [0.717, 1.165) is 17.9 Å². The summed E-state index contributed by atoms with van der Waals surface area (Å²) in [5, 5.41) is 7.69. The van der Waals surface area contributed by atoms with Gasteiger partial charge in [0, 0.05) is 25.5 Å². The van der Waals surface area contributed by atoms with E-state index < -0.39 is 0 Å². The minimum Gasteiger partial charge on any atom is -0.377 e. The van der Waals surface area contributed by atoms with Crippen molar-refractivity contribution in [3.05, 3.63) is 30.1 Å². The van der Waals surface area contributed by atoms with Gasteiger partial charge >= 0.3 is 0 Å². The number of nitrogens with one attached hydrogen (secondary N) is 1. The van der Waals surface area contributed by atoms with Gasteiger partial charge in [-0.25, -0.2) is 4.98 Å². The van der Waals surface area contributed by atoms with Gasteiger partial charge in [0.2, 0.25) is 0 Å². The van der Waals surface area contributed by atoms with Gasteiger partial charge in [0.15, 0.2) is 0 Å². The summed E-state index contributed by atoms with van der Waals surface area (Å²) < 4.78 is 3.98. The quantitative estimate of drug-likeness (QED) is 0.880. The average molecular weight is 233 g/mol. The Labute approximate surface area is 101 Å². The molecule has 0 aliphatic heterocycles. The molecule has 0 aromatic carbocycles. The normalized spacial score (nSPS) is 11.1. The molecule has 2 aromatic rings. The van der Waals surface area contributed by atoms with E-state index in [4.69, 9.17) is 0 Å². The Morgan fingerprint density at radius 3 is 2.76 bits per heavy atom. The molecule has 0 unspecified atom stereocenters. The highest BCUT2D eigenvalue weighted by Crippen LogP contribution is 2.14. The predicted molar refractivity (Wildman–Crippen MR) is 67.9 cm³/mol. The molecule has 0 radical (unpaired) electrons. The summed E-state index contributed by atoms with van der Waals surface area (Å²) in [6.07, 6.45) is 5.77. The van der Waals surface area contributed by atoms with Crippen LogP contribution in [-0.4, -0.2) is 19.3 Å². The Kier molecular flexibility index (Phi) is 3.17. The van der Waals surface area contributed by atoms with Crippen LogP contribution in [0.5, 0.6) is 0 Å². The molecule has 2 aromatic heterocycles. The number of anilines is 1. The lowest BCUT2D eigenvalue weighted by atomic mass is 10.3. The maximum absolute atomic E-state index is 4.30. The number of aromatic nitrogens is 4. The highest BCUT2D eigenvalue weighted by molar-refractivity contribution is 5.45. The highest BCUT2D eigenvalue weighted by atomic mass is 15.3. The first-order valence-electron chi connectivity index (χ1n) is 5.82. The van der Waals surface area contributed by atoms with Gasteiger partial charge in [0.25, 0.3) is 0 Å². The third-order valence-corrected chi connectivity index (χ3v) is 2.78. The monoisotopic (exact) mass is 233 g/mol. The van der Waals surface area contributed by atoms with E-state index in [1.165, 1.54) is 5.69 Å². The van der Waals surface area contributed by atoms with Crippen LogP contribution < -0.4 is 5.32 Å². The number of rotatable bonds is 4. The molecule has 2 heterocycles. The van der Waals surface area contributed by atoms with Gasteiger partial charge in [-0.1, -0.05) is 0 Å². The number of nitrogens with zero attached hydrogens (tertiary/aromatic N) is 4. The van der Waals surface area contributed by atoms with Crippen LogP contribution in [0.1, 0.15) is 31.3 Å². The minimum absolute atomic E-state index is 0.435. The minimum atomic E-state index is 0.435. The van der Waals surface area contributed by atoms with Crippen LogP contribution in [0.15, 0.2) is 18.7 Å². The van der Waals surface area contributed by atoms with E-state index in [9.17, 15) is 0 Å². The van der Waals surface area contributed by atoms with Crippen molar-refractivity contribution in [3.63, 3.8) is 0 Å². The largest absolute Gasteiger partial charge is 0.377 e. The lowest BCUT2D eigenvalue weighted by Crippen LogP contribution is -2.08. The Balaban J connectivity index is 2.07. The Morgan fingerprint density at radius 1 is 1.41 bits per heavy atom. The molecule has 0 atom stereocenters. The summed E-state index contributed by atoms with van der Waals surface area (Å²) in [4.78, 5) is 4.19. The molecule has 92 valence electrons. The summed E-state index contributed by atoms with van der Waals surface area (Å²) in [6.45, 7) is 7.08. The van der Waals surface area contributed by atoms with E-state index in [2.05, 4.69) is 33.8 Å². The van der Waals surface area contributed by atoms with Crippen molar-refractivity contribution in [1.29, 1.82) is 0 Å². The number of aryl methyl sites for hydroxylation is 2. The topological polar surface area (TPSA) is 47.7 Å². The smallest absolute Gasteiger partial charge is 0.0951 e. The first-order valence-corrected chi connectivity index (χ1v) is 5.82. The summed E-state index contributed by atoms with van der Waals surface area (Å²) in [5.74, 6) is 0. The molecule has 2 rings (SSSR count). The van der Waals surface area contributed by atoms with Gasteiger partial charge in [-0.3, -0.25) is 4.68 Å². The van der Waals surface area contributed by atoms with Crippen LogP contribution in [0.25, 0.3) is 0 Å².